The molecule has 2 atom stereocenters. The number of rotatable bonds is 3. The average Bonchev–Trinajstić information content (AvgIpc) is 3.00. The van der Waals surface area contributed by atoms with Crippen LogP contribution in [-0.4, -0.2) is 62.1 Å². The molecular formula is C18H28N4O2. The Bertz CT molecular complexity index is 621. The molecule has 6 nitrogen and oxygen atoms in total. The molecule has 0 amide bonds. The van der Waals surface area contributed by atoms with Gasteiger partial charge in [-0.1, -0.05) is 0 Å². The van der Waals surface area contributed by atoms with Crippen molar-refractivity contribution in [3.8, 4) is 0 Å². The van der Waals surface area contributed by atoms with Crippen LogP contribution in [0.4, 0.5) is 11.8 Å². The summed E-state index contributed by atoms with van der Waals surface area (Å²) in [5.74, 6) is 2.40. The first-order chi connectivity index (χ1) is 11.6. The SMILES string of the molecule is CN(C)c1nc2c(c(N3C[C@@H]4CCOC[C@]4(CO)C3)n1)CCCC2. The number of hydrogen-bond donors (Lipinski definition) is 1. The number of aliphatic hydroxyl groups excluding tert-OH is 1. The third-order valence-electron chi connectivity index (χ3n) is 5.98. The van der Waals surface area contributed by atoms with Crippen LogP contribution >= 0.6 is 0 Å². The number of anilines is 2. The van der Waals surface area contributed by atoms with E-state index in [0.29, 0.717) is 12.5 Å². The summed E-state index contributed by atoms with van der Waals surface area (Å²) in [6.07, 6.45) is 5.59. The molecule has 0 bridgehead atoms. The van der Waals surface area contributed by atoms with Gasteiger partial charge in [-0.25, -0.2) is 4.98 Å². The molecular weight excluding hydrogens is 304 g/mol. The molecule has 24 heavy (non-hydrogen) atoms. The number of ether oxygens (including phenoxy) is 1. The van der Waals surface area contributed by atoms with Gasteiger partial charge in [-0.3, -0.25) is 0 Å². The summed E-state index contributed by atoms with van der Waals surface area (Å²) in [5.41, 5.74) is 2.43. The lowest BCUT2D eigenvalue weighted by Crippen LogP contribution is -2.43. The maximum absolute atomic E-state index is 10.1. The largest absolute Gasteiger partial charge is 0.396 e. The van der Waals surface area contributed by atoms with Gasteiger partial charge in [0.05, 0.1) is 18.9 Å². The van der Waals surface area contributed by atoms with E-state index in [4.69, 9.17) is 14.7 Å². The molecule has 4 rings (SSSR count). The lowest BCUT2D eigenvalue weighted by atomic mass is 9.76. The smallest absolute Gasteiger partial charge is 0.227 e. The van der Waals surface area contributed by atoms with Crippen LogP contribution in [-0.2, 0) is 17.6 Å². The second-order valence-electron chi connectivity index (χ2n) is 7.81. The first kappa shape index (κ1) is 16.1. The quantitative estimate of drug-likeness (QED) is 0.899. The minimum absolute atomic E-state index is 0.122. The molecule has 2 saturated heterocycles. The van der Waals surface area contributed by atoms with E-state index in [1.165, 1.54) is 24.1 Å². The molecule has 1 N–H and O–H groups in total. The Morgan fingerprint density at radius 3 is 2.88 bits per heavy atom. The van der Waals surface area contributed by atoms with Crippen LogP contribution in [0.2, 0.25) is 0 Å². The fraction of sp³-hybridized carbons (Fsp3) is 0.778. The van der Waals surface area contributed by atoms with Crippen LogP contribution in [0.15, 0.2) is 0 Å². The highest BCUT2D eigenvalue weighted by molar-refractivity contribution is 5.55. The van der Waals surface area contributed by atoms with Crippen LogP contribution < -0.4 is 9.80 Å². The fourth-order valence-corrected chi connectivity index (χ4v) is 4.50. The van der Waals surface area contributed by atoms with Crippen LogP contribution in [0.5, 0.6) is 0 Å². The molecule has 132 valence electrons. The summed E-state index contributed by atoms with van der Waals surface area (Å²) < 4.78 is 5.71. The number of nitrogens with zero attached hydrogens (tertiary/aromatic N) is 4. The maximum atomic E-state index is 10.1. The van der Waals surface area contributed by atoms with Crippen molar-refractivity contribution in [3.05, 3.63) is 11.3 Å². The molecule has 0 unspecified atom stereocenters. The second-order valence-corrected chi connectivity index (χ2v) is 7.81. The van der Waals surface area contributed by atoms with Crippen molar-refractivity contribution in [2.75, 3.05) is 56.8 Å². The standard InChI is InChI=1S/C18H28N4O2/c1-21(2)17-19-15-6-4-3-5-14(15)16(20-17)22-9-13-7-8-24-12-18(13,10-22)11-23/h13,23H,3-12H2,1-2H3/t13-,18+/m0/s1. The second kappa shape index (κ2) is 6.15. The van der Waals surface area contributed by atoms with E-state index in [1.54, 1.807) is 0 Å². The molecule has 0 saturated carbocycles. The van der Waals surface area contributed by atoms with E-state index < -0.39 is 0 Å². The van der Waals surface area contributed by atoms with Crippen LogP contribution in [0, 0.1) is 11.3 Å². The van der Waals surface area contributed by atoms with Crippen molar-refractivity contribution in [1.29, 1.82) is 0 Å². The molecule has 1 aromatic heterocycles. The molecule has 3 heterocycles. The number of aliphatic hydroxyl groups is 1. The zero-order valence-corrected chi connectivity index (χ0v) is 14.8. The molecule has 0 spiro atoms. The highest BCUT2D eigenvalue weighted by Crippen LogP contribution is 2.43. The molecule has 0 aromatic carbocycles. The first-order valence-corrected chi connectivity index (χ1v) is 9.14. The third kappa shape index (κ3) is 2.56. The molecule has 3 aliphatic rings. The van der Waals surface area contributed by atoms with Gasteiger partial charge in [0.2, 0.25) is 5.95 Å². The molecule has 6 heteroatoms. The van der Waals surface area contributed by atoms with Gasteiger partial charge in [0.25, 0.3) is 0 Å². The van der Waals surface area contributed by atoms with Gasteiger partial charge in [0, 0.05) is 44.8 Å². The van der Waals surface area contributed by atoms with E-state index in [9.17, 15) is 5.11 Å². The first-order valence-electron chi connectivity index (χ1n) is 9.14. The van der Waals surface area contributed by atoms with Gasteiger partial charge in [0.15, 0.2) is 0 Å². The van der Waals surface area contributed by atoms with Crippen molar-refractivity contribution >= 4 is 11.8 Å². The topological polar surface area (TPSA) is 61.7 Å². The summed E-state index contributed by atoms with van der Waals surface area (Å²) in [6.45, 7) is 3.48. The van der Waals surface area contributed by atoms with Crippen LogP contribution in [0.3, 0.4) is 0 Å². The van der Waals surface area contributed by atoms with Crippen molar-refractivity contribution in [2.45, 2.75) is 32.1 Å². The number of fused-ring (bicyclic) bond motifs is 2. The monoisotopic (exact) mass is 332 g/mol. The lowest BCUT2D eigenvalue weighted by molar-refractivity contribution is -0.0543. The third-order valence-corrected chi connectivity index (χ3v) is 5.98. The number of hydrogen-bond acceptors (Lipinski definition) is 6. The van der Waals surface area contributed by atoms with Gasteiger partial charge in [-0.05, 0) is 38.0 Å². The summed E-state index contributed by atoms with van der Waals surface area (Å²) >= 11 is 0. The zero-order valence-electron chi connectivity index (χ0n) is 14.8. The van der Waals surface area contributed by atoms with E-state index >= 15 is 0 Å². The Morgan fingerprint density at radius 1 is 1.29 bits per heavy atom. The average molecular weight is 332 g/mol. The van der Waals surface area contributed by atoms with Crippen molar-refractivity contribution in [3.63, 3.8) is 0 Å². The summed E-state index contributed by atoms with van der Waals surface area (Å²) in [6, 6.07) is 0. The van der Waals surface area contributed by atoms with Gasteiger partial charge < -0.3 is 19.6 Å². The summed E-state index contributed by atoms with van der Waals surface area (Å²) in [4.78, 5) is 14.1. The van der Waals surface area contributed by atoms with E-state index in [0.717, 1.165) is 50.7 Å². The molecule has 2 aliphatic heterocycles. The molecule has 2 fully saturated rings. The van der Waals surface area contributed by atoms with E-state index in [-0.39, 0.29) is 12.0 Å². The summed E-state index contributed by atoms with van der Waals surface area (Å²) in [5, 5.41) is 10.1. The van der Waals surface area contributed by atoms with E-state index in [1.807, 2.05) is 19.0 Å². The van der Waals surface area contributed by atoms with Gasteiger partial charge in [-0.2, -0.15) is 4.98 Å². The molecule has 0 radical (unpaired) electrons. The molecule has 1 aliphatic carbocycles. The number of aryl methyl sites for hydroxylation is 1. The van der Waals surface area contributed by atoms with Gasteiger partial charge in [-0.15, -0.1) is 0 Å². The summed E-state index contributed by atoms with van der Waals surface area (Å²) in [7, 11) is 4.00. The fourth-order valence-electron chi connectivity index (χ4n) is 4.50. The minimum atomic E-state index is -0.122. The highest BCUT2D eigenvalue weighted by Gasteiger charge is 2.49. The Kier molecular flexibility index (Phi) is 4.12. The van der Waals surface area contributed by atoms with Crippen molar-refractivity contribution in [2.24, 2.45) is 11.3 Å². The Labute approximate surface area is 143 Å². The predicted molar refractivity (Wildman–Crippen MR) is 93.7 cm³/mol. The lowest BCUT2D eigenvalue weighted by Gasteiger charge is -2.36. The zero-order chi connectivity index (χ0) is 16.7. The predicted octanol–water partition coefficient (Wildman–Crippen LogP) is 1.26. The Morgan fingerprint density at radius 2 is 2.12 bits per heavy atom. The Hall–Kier alpha value is -1.40. The van der Waals surface area contributed by atoms with Gasteiger partial charge >= 0.3 is 0 Å². The van der Waals surface area contributed by atoms with E-state index in [2.05, 4.69) is 4.90 Å². The van der Waals surface area contributed by atoms with Crippen LogP contribution in [0.25, 0.3) is 0 Å². The highest BCUT2D eigenvalue weighted by atomic mass is 16.5. The Balaban J connectivity index is 1.72. The number of aromatic nitrogens is 2. The van der Waals surface area contributed by atoms with Gasteiger partial charge in [0.1, 0.15) is 5.82 Å². The van der Waals surface area contributed by atoms with Crippen LogP contribution in [0.1, 0.15) is 30.5 Å². The normalized spacial score (nSPS) is 29.3. The van der Waals surface area contributed by atoms with Crippen molar-refractivity contribution < 1.29 is 9.84 Å². The van der Waals surface area contributed by atoms with Crippen molar-refractivity contribution in [1.82, 2.24) is 9.97 Å². The maximum Gasteiger partial charge on any atom is 0.227 e. The molecule has 1 aromatic rings. The minimum Gasteiger partial charge on any atom is -0.396 e.